The second-order valence-electron chi connectivity index (χ2n) is 6.46. The van der Waals surface area contributed by atoms with Crippen LogP contribution in [0.4, 0.5) is 5.69 Å². The molecule has 2 N–H and O–H groups in total. The van der Waals surface area contributed by atoms with Gasteiger partial charge in [-0.3, -0.25) is 4.79 Å². The Morgan fingerprint density at radius 1 is 1.19 bits per heavy atom. The number of carbonyl (C=O) groups is 2. The van der Waals surface area contributed by atoms with Crippen molar-refractivity contribution in [3.8, 4) is 5.75 Å². The molecule has 3 rings (SSSR count). The van der Waals surface area contributed by atoms with E-state index in [0.717, 1.165) is 16.0 Å². The van der Waals surface area contributed by atoms with Crippen molar-refractivity contribution in [3.05, 3.63) is 58.6 Å². The summed E-state index contributed by atoms with van der Waals surface area (Å²) in [6.45, 7) is 0.741. The van der Waals surface area contributed by atoms with E-state index in [2.05, 4.69) is 5.32 Å². The molecule has 0 saturated heterocycles. The van der Waals surface area contributed by atoms with Gasteiger partial charge < -0.3 is 19.7 Å². The van der Waals surface area contributed by atoms with Gasteiger partial charge in [-0.2, -0.15) is 0 Å². The number of anilines is 1. The van der Waals surface area contributed by atoms with E-state index in [-0.39, 0.29) is 18.4 Å². The van der Waals surface area contributed by atoms with Gasteiger partial charge in [0.2, 0.25) is 0 Å². The fraction of sp³-hybridized carbons (Fsp3) is 0.300. The highest BCUT2D eigenvalue weighted by atomic mass is 35.5. The Balaban J connectivity index is 1.73. The number of carbonyl (C=O) groups excluding carboxylic acids is 2. The molecule has 1 aliphatic rings. The zero-order valence-electron chi connectivity index (χ0n) is 15.3. The number of rotatable bonds is 5. The van der Waals surface area contributed by atoms with Crippen LogP contribution in [0.2, 0.25) is 5.02 Å². The number of ether oxygens (including phenoxy) is 2. The number of esters is 1. The average molecular weight is 390 g/mol. The lowest BCUT2D eigenvalue weighted by Crippen LogP contribution is -3.17. The van der Waals surface area contributed by atoms with E-state index in [1.807, 2.05) is 24.3 Å². The SMILES string of the molecule is COC(=O)[C@H]1Cc2ccccc2C[NH+]1CC(=O)Nc1ccc(OC)c(Cl)c1. The van der Waals surface area contributed by atoms with Gasteiger partial charge in [0.05, 0.1) is 19.2 Å². The summed E-state index contributed by atoms with van der Waals surface area (Å²) >= 11 is 6.10. The maximum absolute atomic E-state index is 12.6. The normalized spacial score (nSPS) is 18.3. The van der Waals surface area contributed by atoms with Crippen molar-refractivity contribution in [3.63, 3.8) is 0 Å². The zero-order valence-corrected chi connectivity index (χ0v) is 16.0. The van der Waals surface area contributed by atoms with Gasteiger partial charge in [0.25, 0.3) is 5.91 Å². The van der Waals surface area contributed by atoms with Gasteiger partial charge in [-0.15, -0.1) is 0 Å². The first-order valence-corrected chi connectivity index (χ1v) is 9.02. The summed E-state index contributed by atoms with van der Waals surface area (Å²) in [4.78, 5) is 25.7. The molecular formula is C20H22ClN2O4+. The van der Waals surface area contributed by atoms with E-state index in [1.54, 1.807) is 18.2 Å². The van der Waals surface area contributed by atoms with Crippen molar-refractivity contribution < 1.29 is 24.0 Å². The standard InChI is InChI=1S/C20H21ClN2O4/c1-26-18-8-7-15(10-16(18)21)22-19(24)12-23-11-14-6-4-3-5-13(14)9-17(23)20(25)27-2/h3-8,10,17H,9,11-12H2,1-2H3,(H,22,24)/p+1/t17-/m1/s1. The van der Waals surface area contributed by atoms with Crippen molar-refractivity contribution in [1.29, 1.82) is 0 Å². The predicted molar refractivity (Wildman–Crippen MR) is 102 cm³/mol. The molecule has 27 heavy (non-hydrogen) atoms. The maximum atomic E-state index is 12.6. The summed E-state index contributed by atoms with van der Waals surface area (Å²) in [5.41, 5.74) is 2.85. The first kappa shape index (κ1) is 19.2. The molecule has 1 unspecified atom stereocenters. The molecule has 2 aromatic carbocycles. The van der Waals surface area contributed by atoms with Gasteiger partial charge in [-0.1, -0.05) is 35.9 Å². The molecule has 1 aliphatic heterocycles. The number of hydrogen-bond donors (Lipinski definition) is 2. The van der Waals surface area contributed by atoms with Crippen LogP contribution in [0.25, 0.3) is 0 Å². The van der Waals surface area contributed by atoms with Crippen LogP contribution in [-0.4, -0.2) is 38.7 Å². The van der Waals surface area contributed by atoms with Gasteiger partial charge in [0, 0.05) is 17.7 Å². The number of methoxy groups -OCH3 is 2. The minimum atomic E-state index is -0.407. The van der Waals surface area contributed by atoms with Crippen LogP contribution in [0.15, 0.2) is 42.5 Å². The van der Waals surface area contributed by atoms with Gasteiger partial charge in [-0.05, 0) is 23.8 Å². The molecule has 0 saturated carbocycles. The molecular weight excluding hydrogens is 368 g/mol. The molecule has 0 radical (unpaired) electrons. The number of quaternary nitrogens is 1. The largest absolute Gasteiger partial charge is 0.495 e. The van der Waals surface area contributed by atoms with Crippen LogP contribution < -0.4 is 15.0 Å². The third kappa shape index (κ3) is 4.40. The highest BCUT2D eigenvalue weighted by Gasteiger charge is 2.37. The van der Waals surface area contributed by atoms with Crippen LogP contribution >= 0.6 is 11.6 Å². The second-order valence-corrected chi connectivity index (χ2v) is 6.87. The van der Waals surface area contributed by atoms with Crippen LogP contribution in [-0.2, 0) is 27.3 Å². The minimum Gasteiger partial charge on any atom is -0.495 e. The summed E-state index contributed by atoms with van der Waals surface area (Å²) in [5.74, 6) is 0.0398. The highest BCUT2D eigenvalue weighted by molar-refractivity contribution is 6.32. The average Bonchev–Trinajstić information content (AvgIpc) is 2.67. The van der Waals surface area contributed by atoms with Crippen molar-refractivity contribution >= 4 is 29.2 Å². The van der Waals surface area contributed by atoms with Crippen LogP contribution in [0.3, 0.4) is 0 Å². The smallest absolute Gasteiger partial charge is 0.365 e. The molecule has 2 aromatic rings. The third-order valence-corrected chi connectivity index (χ3v) is 5.06. The first-order chi connectivity index (χ1) is 13.0. The molecule has 0 bridgehead atoms. The zero-order chi connectivity index (χ0) is 19.4. The number of benzene rings is 2. The topological polar surface area (TPSA) is 69.1 Å². The first-order valence-electron chi connectivity index (χ1n) is 8.64. The van der Waals surface area contributed by atoms with E-state index >= 15 is 0 Å². The Hall–Kier alpha value is -2.57. The molecule has 0 spiro atoms. The van der Waals surface area contributed by atoms with Crippen molar-refractivity contribution in [2.75, 3.05) is 26.1 Å². The van der Waals surface area contributed by atoms with Crippen molar-refractivity contribution in [1.82, 2.24) is 0 Å². The molecule has 0 aliphatic carbocycles. The highest BCUT2D eigenvalue weighted by Crippen LogP contribution is 2.27. The molecule has 1 amide bonds. The quantitative estimate of drug-likeness (QED) is 0.760. The monoisotopic (exact) mass is 389 g/mol. The molecule has 0 fully saturated rings. The Morgan fingerprint density at radius 3 is 2.59 bits per heavy atom. The van der Waals surface area contributed by atoms with Crippen LogP contribution in [0.1, 0.15) is 11.1 Å². The number of halogens is 1. The van der Waals surface area contributed by atoms with Crippen LogP contribution in [0, 0.1) is 0 Å². The fourth-order valence-corrected chi connectivity index (χ4v) is 3.65. The van der Waals surface area contributed by atoms with Crippen LogP contribution in [0.5, 0.6) is 5.75 Å². The van der Waals surface area contributed by atoms with E-state index in [1.165, 1.54) is 14.2 Å². The Labute approximate surface area is 163 Å². The maximum Gasteiger partial charge on any atom is 0.365 e. The predicted octanol–water partition coefficient (Wildman–Crippen LogP) is 1.47. The molecule has 7 heteroatoms. The lowest BCUT2D eigenvalue weighted by molar-refractivity contribution is -0.924. The fourth-order valence-electron chi connectivity index (χ4n) is 3.39. The minimum absolute atomic E-state index is 0.151. The number of fused-ring (bicyclic) bond motifs is 1. The van der Waals surface area contributed by atoms with E-state index in [9.17, 15) is 9.59 Å². The van der Waals surface area contributed by atoms with E-state index in [4.69, 9.17) is 21.1 Å². The molecule has 2 atom stereocenters. The summed E-state index contributed by atoms with van der Waals surface area (Å²) in [6, 6.07) is 12.6. The van der Waals surface area contributed by atoms with Gasteiger partial charge in [0.1, 0.15) is 12.3 Å². The lowest BCUT2D eigenvalue weighted by atomic mass is 9.94. The van der Waals surface area contributed by atoms with Gasteiger partial charge >= 0.3 is 5.97 Å². The Kier molecular flexibility index (Phi) is 5.98. The number of amides is 1. The third-order valence-electron chi connectivity index (χ3n) is 4.76. The van der Waals surface area contributed by atoms with E-state index < -0.39 is 6.04 Å². The van der Waals surface area contributed by atoms with Crippen molar-refractivity contribution in [2.45, 2.75) is 19.0 Å². The number of hydrogen-bond acceptors (Lipinski definition) is 4. The second kappa shape index (κ2) is 8.41. The van der Waals surface area contributed by atoms with E-state index in [0.29, 0.717) is 29.4 Å². The Morgan fingerprint density at radius 2 is 1.93 bits per heavy atom. The molecule has 6 nitrogen and oxygen atoms in total. The Bertz CT molecular complexity index is 856. The van der Waals surface area contributed by atoms with Crippen molar-refractivity contribution in [2.24, 2.45) is 0 Å². The summed E-state index contributed by atoms with van der Waals surface area (Å²) in [5, 5.41) is 3.25. The summed E-state index contributed by atoms with van der Waals surface area (Å²) in [6.07, 6.45) is 0.555. The molecule has 1 heterocycles. The molecule has 0 aromatic heterocycles. The van der Waals surface area contributed by atoms with Gasteiger partial charge in [-0.25, -0.2) is 4.79 Å². The molecule has 142 valence electrons. The summed E-state index contributed by atoms with van der Waals surface area (Å²) < 4.78 is 10.1. The van der Waals surface area contributed by atoms with Gasteiger partial charge in [0.15, 0.2) is 12.6 Å². The lowest BCUT2D eigenvalue weighted by Gasteiger charge is -2.31. The number of nitrogens with one attached hydrogen (secondary N) is 2. The summed E-state index contributed by atoms with van der Waals surface area (Å²) in [7, 11) is 2.91.